The molecular formula is C35H31ClF3N3O4. The Balaban J connectivity index is 1.54. The van der Waals surface area contributed by atoms with Crippen LogP contribution in [-0.2, 0) is 29.5 Å². The van der Waals surface area contributed by atoms with Crippen molar-refractivity contribution in [2.45, 2.75) is 59.3 Å². The number of aliphatic carboxylic acids is 1. The zero-order valence-electron chi connectivity index (χ0n) is 25.8. The third-order valence-electron chi connectivity index (χ3n) is 8.10. The fourth-order valence-corrected chi connectivity index (χ4v) is 5.39. The van der Waals surface area contributed by atoms with Gasteiger partial charge in [-0.05, 0) is 92.3 Å². The van der Waals surface area contributed by atoms with Crippen LogP contribution in [0.15, 0.2) is 71.3 Å². The van der Waals surface area contributed by atoms with E-state index in [9.17, 15) is 27.9 Å². The number of furan rings is 1. The lowest BCUT2D eigenvalue weighted by molar-refractivity contribution is -0.153. The van der Waals surface area contributed by atoms with Crippen LogP contribution in [0.3, 0.4) is 0 Å². The van der Waals surface area contributed by atoms with E-state index in [1.807, 2.05) is 19.1 Å². The minimum absolute atomic E-state index is 0.0529. The van der Waals surface area contributed by atoms with E-state index in [2.05, 4.69) is 9.97 Å². The van der Waals surface area contributed by atoms with Gasteiger partial charge in [0.25, 0.3) is 5.91 Å². The highest BCUT2D eigenvalue weighted by molar-refractivity contribution is 6.31. The monoisotopic (exact) mass is 649 g/mol. The van der Waals surface area contributed by atoms with Crippen LogP contribution in [0.4, 0.5) is 13.2 Å². The Morgan fingerprint density at radius 2 is 1.67 bits per heavy atom. The molecule has 0 unspecified atom stereocenters. The molecule has 5 rings (SSSR count). The number of carbonyl (C=O) groups is 2. The number of alkyl halides is 3. The average molecular weight is 650 g/mol. The molecule has 3 aromatic heterocycles. The van der Waals surface area contributed by atoms with Crippen molar-refractivity contribution in [2.75, 3.05) is 0 Å². The van der Waals surface area contributed by atoms with Gasteiger partial charge in [-0.1, -0.05) is 48.0 Å². The van der Waals surface area contributed by atoms with E-state index < -0.39 is 29.2 Å². The molecule has 46 heavy (non-hydrogen) atoms. The summed E-state index contributed by atoms with van der Waals surface area (Å²) < 4.78 is 45.1. The highest BCUT2D eigenvalue weighted by Crippen LogP contribution is 2.34. The molecule has 7 nitrogen and oxygen atoms in total. The van der Waals surface area contributed by atoms with Crippen molar-refractivity contribution < 1.29 is 32.3 Å². The summed E-state index contributed by atoms with van der Waals surface area (Å²) in [6, 6.07) is 16.2. The normalized spacial score (nSPS) is 12.0. The van der Waals surface area contributed by atoms with Crippen LogP contribution in [0.2, 0.25) is 5.02 Å². The van der Waals surface area contributed by atoms with Crippen LogP contribution in [0.5, 0.6) is 0 Å². The second-order valence-corrected chi connectivity index (χ2v) is 12.2. The molecule has 0 fully saturated rings. The van der Waals surface area contributed by atoms with Crippen molar-refractivity contribution in [1.82, 2.24) is 14.9 Å². The Morgan fingerprint density at radius 3 is 2.33 bits per heavy atom. The Hall–Kier alpha value is -4.70. The van der Waals surface area contributed by atoms with Crippen molar-refractivity contribution in [2.24, 2.45) is 0 Å². The quantitative estimate of drug-likeness (QED) is 0.181. The maximum Gasteiger partial charge on any atom is 0.449 e. The number of rotatable bonds is 8. The molecule has 0 aliphatic rings. The summed E-state index contributed by atoms with van der Waals surface area (Å²) in [5.41, 5.74) is 4.79. The average Bonchev–Trinajstić information content (AvgIpc) is 3.48. The standard InChI is InChI=1S/C35H31ClF3N3O4/c1-19-13-28-31(40-16-19)30(20(2)21(3)41-28)32(43)42(18-26-11-12-29(46-26)35(37,38)39)17-24-10-9-23(15-27(24)36)22-7-6-8-25(14-22)34(4,5)33(44)45/h6-16H,17-18H2,1-5H3,(H,44,45). The molecule has 0 spiro atoms. The number of carboxylic acid groups (broad SMARTS) is 1. The molecule has 0 bridgehead atoms. The Kier molecular flexibility index (Phi) is 8.70. The number of halogens is 4. The van der Waals surface area contributed by atoms with Gasteiger partial charge in [-0.25, -0.2) is 0 Å². The fourth-order valence-electron chi connectivity index (χ4n) is 5.15. The highest BCUT2D eigenvalue weighted by atomic mass is 35.5. The third kappa shape index (κ3) is 6.48. The van der Waals surface area contributed by atoms with Crippen molar-refractivity contribution in [3.8, 4) is 11.1 Å². The molecule has 3 heterocycles. The summed E-state index contributed by atoms with van der Waals surface area (Å²) >= 11 is 6.76. The molecule has 1 amide bonds. The van der Waals surface area contributed by atoms with Gasteiger partial charge in [0.15, 0.2) is 0 Å². The molecule has 0 saturated heterocycles. The van der Waals surface area contributed by atoms with Crippen molar-refractivity contribution in [3.05, 3.63) is 117 Å². The first kappa shape index (κ1) is 32.7. The summed E-state index contributed by atoms with van der Waals surface area (Å²) in [5.74, 6) is -2.65. The maximum absolute atomic E-state index is 14.3. The summed E-state index contributed by atoms with van der Waals surface area (Å²) in [6.45, 7) is 8.32. The predicted molar refractivity (Wildman–Crippen MR) is 169 cm³/mol. The van der Waals surface area contributed by atoms with Crippen LogP contribution in [-0.4, -0.2) is 31.9 Å². The van der Waals surface area contributed by atoms with Crippen LogP contribution in [0, 0.1) is 20.8 Å². The van der Waals surface area contributed by atoms with Crippen LogP contribution in [0.25, 0.3) is 22.2 Å². The molecule has 0 aliphatic heterocycles. The van der Waals surface area contributed by atoms with Crippen LogP contribution >= 0.6 is 11.6 Å². The number of amides is 1. The molecular weight excluding hydrogens is 619 g/mol. The topological polar surface area (TPSA) is 96.5 Å². The third-order valence-corrected chi connectivity index (χ3v) is 8.45. The molecule has 0 radical (unpaired) electrons. The van der Waals surface area contributed by atoms with Gasteiger partial charge >= 0.3 is 12.1 Å². The van der Waals surface area contributed by atoms with Gasteiger partial charge in [0.1, 0.15) is 11.3 Å². The molecule has 0 atom stereocenters. The van der Waals surface area contributed by atoms with Gasteiger partial charge < -0.3 is 14.4 Å². The Labute approximate surface area is 268 Å². The predicted octanol–water partition coefficient (Wildman–Crippen LogP) is 8.69. The second kappa shape index (κ2) is 12.2. The number of carboxylic acids is 1. The molecule has 11 heteroatoms. The molecule has 0 aliphatic carbocycles. The zero-order valence-corrected chi connectivity index (χ0v) is 26.5. The largest absolute Gasteiger partial charge is 0.481 e. The number of hydrogen-bond acceptors (Lipinski definition) is 5. The first-order valence-corrected chi connectivity index (χ1v) is 14.8. The van der Waals surface area contributed by atoms with Crippen molar-refractivity contribution in [3.63, 3.8) is 0 Å². The Morgan fingerprint density at radius 1 is 0.957 bits per heavy atom. The van der Waals surface area contributed by atoms with E-state index >= 15 is 0 Å². The number of pyridine rings is 2. The van der Waals surface area contributed by atoms with Crippen molar-refractivity contribution in [1.29, 1.82) is 0 Å². The maximum atomic E-state index is 14.3. The summed E-state index contributed by atoms with van der Waals surface area (Å²) in [4.78, 5) is 36.6. The molecule has 1 N–H and O–H groups in total. The van der Waals surface area contributed by atoms with E-state index in [1.54, 1.807) is 70.3 Å². The summed E-state index contributed by atoms with van der Waals surface area (Å²) in [7, 11) is 0. The molecule has 5 aromatic rings. The van der Waals surface area contributed by atoms with Crippen molar-refractivity contribution >= 4 is 34.5 Å². The number of nitrogens with zero attached hydrogens (tertiary/aromatic N) is 3. The van der Waals surface area contributed by atoms with E-state index in [1.165, 1.54) is 11.0 Å². The number of aromatic nitrogens is 2. The molecule has 238 valence electrons. The van der Waals surface area contributed by atoms with E-state index in [-0.39, 0.29) is 24.4 Å². The lowest BCUT2D eigenvalue weighted by atomic mass is 9.83. The minimum atomic E-state index is -4.68. The van der Waals surface area contributed by atoms with Gasteiger partial charge in [0, 0.05) is 23.5 Å². The van der Waals surface area contributed by atoms with Crippen LogP contribution in [0.1, 0.15) is 63.7 Å². The number of aryl methyl sites for hydroxylation is 2. The molecule has 2 aromatic carbocycles. The lowest BCUT2D eigenvalue weighted by Gasteiger charge is -2.25. The van der Waals surface area contributed by atoms with Gasteiger partial charge in [-0.3, -0.25) is 19.6 Å². The SMILES string of the molecule is Cc1cnc2c(C(=O)N(Cc3ccc(C(F)(F)F)o3)Cc3ccc(-c4cccc(C(C)(C)C(=O)O)c4)cc3Cl)c(C)c(C)nc2c1. The number of carbonyl (C=O) groups excluding carboxylic acids is 1. The van der Waals surface area contributed by atoms with Gasteiger partial charge in [-0.2, -0.15) is 13.2 Å². The summed E-state index contributed by atoms with van der Waals surface area (Å²) in [6.07, 6.45) is -3.05. The van der Waals surface area contributed by atoms with Gasteiger partial charge in [0.05, 0.1) is 23.0 Å². The number of fused-ring (bicyclic) bond motifs is 1. The second-order valence-electron chi connectivity index (χ2n) is 11.8. The number of benzene rings is 2. The lowest BCUT2D eigenvalue weighted by Crippen LogP contribution is -2.31. The fraction of sp³-hybridized carbons (Fsp3) is 0.257. The molecule has 0 saturated carbocycles. The van der Waals surface area contributed by atoms with E-state index in [0.717, 1.165) is 22.8 Å². The summed E-state index contributed by atoms with van der Waals surface area (Å²) in [5, 5.41) is 9.99. The highest BCUT2D eigenvalue weighted by Gasteiger charge is 2.35. The van der Waals surface area contributed by atoms with E-state index in [4.69, 9.17) is 16.0 Å². The number of hydrogen-bond donors (Lipinski definition) is 1. The minimum Gasteiger partial charge on any atom is -0.481 e. The smallest absolute Gasteiger partial charge is 0.449 e. The first-order valence-electron chi connectivity index (χ1n) is 14.4. The van der Waals surface area contributed by atoms with Crippen LogP contribution < -0.4 is 0 Å². The van der Waals surface area contributed by atoms with Gasteiger partial charge in [0.2, 0.25) is 5.76 Å². The Bertz CT molecular complexity index is 1980. The zero-order chi connectivity index (χ0) is 33.6. The van der Waals surface area contributed by atoms with E-state index in [0.29, 0.717) is 38.4 Å². The van der Waals surface area contributed by atoms with Gasteiger partial charge in [-0.15, -0.1) is 0 Å². The first-order chi connectivity index (χ1) is 21.6.